The Kier molecular flexibility index (Phi) is 15.4. The van der Waals surface area contributed by atoms with E-state index in [4.69, 9.17) is 0 Å². The second-order valence-electron chi connectivity index (χ2n) is 15.3. The lowest BCUT2D eigenvalue weighted by Crippen LogP contribution is -2.31. The summed E-state index contributed by atoms with van der Waals surface area (Å²) in [6, 6.07) is 34.7. The Morgan fingerprint density at radius 2 is 1.47 bits per heavy atom. The van der Waals surface area contributed by atoms with Gasteiger partial charge >= 0.3 is 0 Å². The minimum Gasteiger partial charge on any atom is -0.264 e. The van der Waals surface area contributed by atoms with Crippen LogP contribution in [0.2, 0.25) is 0 Å². The lowest BCUT2D eigenvalue weighted by Gasteiger charge is -2.21. The van der Waals surface area contributed by atoms with Crippen LogP contribution >= 0.6 is 0 Å². The van der Waals surface area contributed by atoms with Gasteiger partial charge < -0.3 is 0 Å². The van der Waals surface area contributed by atoms with E-state index >= 15 is 0 Å². The molecule has 1 aromatic heterocycles. The largest absolute Gasteiger partial charge is 0.264 e. The minimum absolute atomic E-state index is 0.899. The molecule has 6 rings (SSSR count). The number of aromatic nitrogens is 1. The van der Waals surface area contributed by atoms with Gasteiger partial charge in [-0.25, -0.2) is 0 Å². The van der Waals surface area contributed by atoms with Gasteiger partial charge in [0.25, 0.3) is 0 Å². The molecule has 0 amide bonds. The maximum atomic E-state index is 4.63. The van der Waals surface area contributed by atoms with E-state index in [1.165, 1.54) is 55.0 Å². The van der Waals surface area contributed by atoms with Gasteiger partial charge in [-0.3, -0.25) is 4.98 Å². The molecular weight excluding hydrogens is 711 g/mol. The summed E-state index contributed by atoms with van der Waals surface area (Å²) in [6.45, 7) is 19.9. The smallest absolute Gasteiger partial charge is 0.0346 e. The highest BCUT2D eigenvalue weighted by molar-refractivity contribution is 5.90. The number of benzene rings is 2. The van der Waals surface area contributed by atoms with Crippen molar-refractivity contribution in [2.24, 2.45) is 0 Å². The van der Waals surface area contributed by atoms with Gasteiger partial charge in [-0.05, 0) is 160 Å². The van der Waals surface area contributed by atoms with Crippen LogP contribution < -0.4 is 10.4 Å². The molecule has 1 heteroatoms. The average molecular weight is 770 g/mol. The van der Waals surface area contributed by atoms with Gasteiger partial charge in [0.2, 0.25) is 0 Å². The second kappa shape index (κ2) is 21.4. The van der Waals surface area contributed by atoms with Crippen molar-refractivity contribution in [1.82, 2.24) is 4.98 Å². The summed E-state index contributed by atoms with van der Waals surface area (Å²) in [6.07, 6.45) is 34.1. The third-order valence-electron chi connectivity index (χ3n) is 11.4. The van der Waals surface area contributed by atoms with E-state index in [0.29, 0.717) is 0 Å². The van der Waals surface area contributed by atoms with Gasteiger partial charge in [-0.15, -0.1) is 0 Å². The minimum atomic E-state index is 0.899. The highest BCUT2D eigenvalue weighted by Crippen LogP contribution is 2.37. The van der Waals surface area contributed by atoms with Gasteiger partial charge in [0, 0.05) is 12.4 Å². The van der Waals surface area contributed by atoms with Crippen LogP contribution in [0, 0.1) is 0 Å². The average Bonchev–Trinajstić information content (AvgIpc) is 3.27. The zero-order chi connectivity index (χ0) is 41.4. The third-order valence-corrected chi connectivity index (χ3v) is 11.4. The van der Waals surface area contributed by atoms with Crippen LogP contribution in [0.1, 0.15) is 93.5 Å². The standard InChI is InChI=1S/C58H59N/c1-7-9-24-44(4)52-30-14-10-11-15-31-53(56-35-22-21-34-55(52)56)47(8-2)26-18-17-25-43(3)46(6)58(57-33-16-12-13-27-50-28-19-20-32-54(50)57)41-45(5)48-36-38-49(39-37-48)51-29-23-40-59-42-51/h7,9-15,19-20,23-24,26,28-42H,1,4-5,8,16-18,21-22,25,27H2,2-3,6H3/b13-12-,14-10?,15-11?,24-9-,46-43+,47-26+,52-30?,53-31?,57-33+,58-41+. The molecule has 0 bridgehead atoms. The predicted octanol–water partition coefficient (Wildman–Crippen LogP) is 14.5. The van der Waals surface area contributed by atoms with Crippen molar-refractivity contribution < 1.29 is 0 Å². The summed E-state index contributed by atoms with van der Waals surface area (Å²) in [5.74, 6) is 0. The SMILES string of the molecule is C=C/C=C\C(=C)c1ccccccc(/C(=C/CCC/C(C)=C(C)/C(=C\C(=C)c2ccc(-c3cccnc3)cc2)C2=C/C/C=C\Cc3ccccc3\2)CC)c2c1=CCCC=2. The van der Waals surface area contributed by atoms with Gasteiger partial charge in [-0.2, -0.15) is 0 Å². The second-order valence-corrected chi connectivity index (χ2v) is 15.3. The van der Waals surface area contributed by atoms with E-state index in [-0.39, 0.29) is 0 Å². The summed E-state index contributed by atoms with van der Waals surface area (Å²) in [5.41, 5.74) is 17.1. The van der Waals surface area contributed by atoms with Gasteiger partial charge in [0.1, 0.15) is 0 Å². The molecule has 3 aromatic carbocycles. The van der Waals surface area contributed by atoms with E-state index in [1.54, 1.807) is 0 Å². The molecule has 2 aliphatic carbocycles. The molecule has 59 heavy (non-hydrogen) atoms. The van der Waals surface area contributed by atoms with Gasteiger partial charge in [0.05, 0.1) is 0 Å². The highest BCUT2D eigenvalue weighted by Gasteiger charge is 2.17. The molecule has 0 fully saturated rings. The molecule has 1 heterocycles. The first-order chi connectivity index (χ1) is 28.9. The van der Waals surface area contributed by atoms with Crippen LogP contribution in [0.5, 0.6) is 0 Å². The van der Waals surface area contributed by atoms with Crippen molar-refractivity contribution in [1.29, 1.82) is 0 Å². The van der Waals surface area contributed by atoms with E-state index < -0.39 is 0 Å². The molecule has 0 saturated carbocycles. The molecule has 2 aliphatic rings. The van der Waals surface area contributed by atoms with E-state index in [0.717, 1.165) is 84.8 Å². The summed E-state index contributed by atoms with van der Waals surface area (Å²) in [5, 5.41) is 2.57. The number of rotatable bonds is 14. The van der Waals surface area contributed by atoms with Crippen molar-refractivity contribution in [3.63, 3.8) is 0 Å². The molecule has 0 saturated heterocycles. The van der Waals surface area contributed by atoms with Gasteiger partial charge in [-0.1, -0.05) is 178 Å². The fourth-order valence-corrected chi connectivity index (χ4v) is 8.01. The Morgan fingerprint density at radius 3 is 2.20 bits per heavy atom. The first kappa shape index (κ1) is 42.3. The van der Waals surface area contributed by atoms with Crippen LogP contribution in [0.25, 0.3) is 45.6 Å². The monoisotopic (exact) mass is 769 g/mol. The Bertz CT molecular complexity index is 2540. The zero-order valence-electron chi connectivity index (χ0n) is 35.4. The van der Waals surface area contributed by atoms with Crippen LogP contribution in [-0.4, -0.2) is 4.98 Å². The fourth-order valence-electron chi connectivity index (χ4n) is 8.01. The van der Waals surface area contributed by atoms with Crippen LogP contribution in [0.4, 0.5) is 0 Å². The number of hydrogen-bond acceptors (Lipinski definition) is 1. The van der Waals surface area contributed by atoms with Crippen molar-refractivity contribution in [2.75, 3.05) is 0 Å². The number of nitrogens with zero attached hydrogens (tertiary/aromatic N) is 1. The van der Waals surface area contributed by atoms with Crippen LogP contribution in [-0.2, 0) is 6.42 Å². The zero-order valence-corrected chi connectivity index (χ0v) is 35.4. The third kappa shape index (κ3) is 11.0. The molecule has 0 N–H and O–H groups in total. The number of unbranched alkanes of at least 4 members (excludes halogenated alkanes) is 1. The first-order valence-electron chi connectivity index (χ1n) is 21.3. The molecule has 4 aromatic rings. The summed E-state index contributed by atoms with van der Waals surface area (Å²) in [4.78, 5) is 4.32. The van der Waals surface area contributed by atoms with Crippen molar-refractivity contribution >= 4 is 34.4 Å². The van der Waals surface area contributed by atoms with Gasteiger partial charge in [0.15, 0.2) is 0 Å². The highest BCUT2D eigenvalue weighted by atomic mass is 14.6. The normalized spacial score (nSPS) is 15.7. The van der Waals surface area contributed by atoms with E-state index in [9.17, 15) is 0 Å². The molecule has 296 valence electrons. The van der Waals surface area contributed by atoms with Crippen molar-refractivity contribution in [3.05, 3.63) is 233 Å². The summed E-state index contributed by atoms with van der Waals surface area (Å²) in [7, 11) is 0. The Balaban J connectivity index is 1.33. The first-order valence-corrected chi connectivity index (χ1v) is 21.3. The number of hydrogen-bond donors (Lipinski definition) is 0. The molecule has 0 radical (unpaired) electrons. The molecule has 0 unspecified atom stereocenters. The number of pyridine rings is 1. The maximum Gasteiger partial charge on any atom is 0.0346 e. The Morgan fingerprint density at radius 1 is 0.746 bits per heavy atom. The van der Waals surface area contributed by atoms with E-state index in [1.807, 2.05) is 30.6 Å². The molecular formula is C58H59N. The quantitative estimate of drug-likeness (QED) is 0.0707. The molecule has 0 aliphatic heterocycles. The molecule has 0 spiro atoms. The maximum absolute atomic E-state index is 4.63. The lowest BCUT2D eigenvalue weighted by atomic mass is 9.84. The van der Waals surface area contributed by atoms with Crippen LogP contribution in [0.3, 0.4) is 0 Å². The lowest BCUT2D eigenvalue weighted by molar-refractivity contribution is 0.824. The van der Waals surface area contributed by atoms with Crippen molar-refractivity contribution in [2.45, 2.75) is 72.1 Å². The predicted molar refractivity (Wildman–Crippen MR) is 259 cm³/mol. The van der Waals surface area contributed by atoms with Crippen LogP contribution in [0.15, 0.2) is 195 Å². The summed E-state index contributed by atoms with van der Waals surface area (Å²) < 4.78 is 0. The fraction of sp³-hybridized carbons (Fsp3) is 0.190. The Hall–Kier alpha value is -6.31. The Labute approximate surface area is 354 Å². The molecule has 0 atom stereocenters. The molecule has 1 nitrogen and oxygen atoms in total. The summed E-state index contributed by atoms with van der Waals surface area (Å²) >= 11 is 0. The van der Waals surface area contributed by atoms with E-state index in [2.05, 4.69) is 185 Å². The number of allylic oxidation sites excluding steroid dienone is 15. The van der Waals surface area contributed by atoms with Crippen molar-refractivity contribution in [3.8, 4) is 11.1 Å². The number of fused-ring (bicyclic) bond motifs is 2. The topological polar surface area (TPSA) is 12.9 Å².